The molecule has 0 spiro atoms. The summed E-state index contributed by atoms with van der Waals surface area (Å²) in [4.78, 5) is 23.1. The third kappa shape index (κ3) is 5.83. The smallest absolute Gasteiger partial charge is 0.303 e. The van der Waals surface area contributed by atoms with Crippen molar-refractivity contribution >= 4 is 11.9 Å². The zero-order valence-electron chi connectivity index (χ0n) is 17.4. The van der Waals surface area contributed by atoms with Crippen LogP contribution < -0.4 is 10.1 Å². The lowest BCUT2D eigenvalue weighted by Crippen LogP contribution is -2.23. The number of hydrogen-bond donors (Lipinski definition) is 2. The summed E-state index contributed by atoms with van der Waals surface area (Å²) < 4.78 is 11.4. The van der Waals surface area contributed by atoms with Crippen LogP contribution in [-0.4, -0.2) is 30.7 Å². The molecule has 0 saturated heterocycles. The van der Waals surface area contributed by atoms with Gasteiger partial charge < -0.3 is 19.9 Å². The Balaban J connectivity index is 1.48. The second-order valence-electron chi connectivity index (χ2n) is 7.62. The van der Waals surface area contributed by atoms with E-state index in [1.807, 2.05) is 48.5 Å². The number of aliphatic carboxylic acids is 1. The van der Waals surface area contributed by atoms with Crippen molar-refractivity contribution in [2.45, 2.75) is 50.7 Å². The highest BCUT2D eigenvalue weighted by atomic mass is 16.5. The number of carbonyl (C=O) groups excluding carboxylic acids is 1. The first-order valence-electron chi connectivity index (χ1n) is 10.4. The van der Waals surface area contributed by atoms with Gasteiger partial charge in [-0.15, -0.1) is 0 Å². The van der Waals surface area contributed by atoms with Crippen molar-refractivity contribution in [1.29, 1.82) is 0 Å². The van der Waals surface area contributed by atoms with Crippen molar-refractivity contribution in [1.82, 2.24) is 5.32 Å². The van der Waals surface area contributed by atoms with Crippen LogP contribution in [-0.2, 0) is 21.7 Å². The van der Waals surface area contributed by atoms with Gasteiger partial charge in [-0.05, 0) is 55.9 Å². The number of amides is 1. The quantitative estimate of drug-likeness (QED) is 0.509. The maximum absolute atomic E-state index is 12.5. The van der Waals surface area contributed by atoms with Crippen molar-refractivity contribution < 1.29 is 24.2 Å². The minimum Gasteiger partial charge on any atom is -0.493 e. The zero-order valence-corrected chi connectivity index (χ0v) is 17.4. The van der Waals surface area contributed by atoms with Crippen molar-refractivity contribution in [3.63, 3.8) is 0 Å². The molecule has 2 aromatic carbocycles. The van der Waals surface area contributed by atoms with Crippen LogP contribution in [0.5, 0.6) is 5.75 Å². The lowest BCUT2D eigenvalue weighted by atomic mass is 10.0. The van der Waals surface area contributed by atoms with Crippen molar-refractivity contribution in [3.8, 4) is 5.75 Å². The number of unbranched alkanes of at least 4 members (excludes halogenated alkanes) is 2. The van der Waals surface area contributed by atoms with Gasteiger partial charge in [0.15, 0.2) is 0 Å². The third-order valence-electron chi connectivity index (χ3n) is 5.47. The first-order valence-corrected chi connectivity index (χ1v) is 10.4. The van der Waals surface area contributed by atoms with E-state index in [1.54, 1.807) is 7.11 Å². The predicted molar refractivity (Wildman–Crippen MR) is 114 cm³/mol. The minimum absolute atomic E-state index is 0.132. The van der Waals surface area contributed by atoms with Gasteiger partial charge in [-0.3, -0.25) is 9.59 Å². The van der Waals surface area contributed by atoms with Crippen molar-refractivity contribution in [2.75, 3.05) is 13.7 Å². The summed E-state index contributed by atoms with van der Waals surface area (Å²) in [5, 5.41) is 11.6. The molecule has 0 aliphatic heterocycles. The molecule has 3 rings (SSSR count). The van der Waals surface area contributed by atoms with Crippen LogP contribution in [0.4, 0.5) is 0 Å². The highest BCUT2D eigenvalue weighted by molar-refractivity contribution is 5.94. The summed E-state index contributed by atoms with van der Waals surface area (Å²) in [6.07, 6.45) is 4.49. The fourth-order valence-electron chi connectivity index (χ4n) is 3.45. The molecule has 1 aliphatic rings. The number of hydrogen-bond acceptors (Lipinski definition) is 4. The first kappa shape index (κ1) is 21.8. The fourth-order valence-corrected chi connectivity index (χ4v) is 3.45. The molecular formula is C24H29NO5. The number of rotatable bonds is 12. The summed E-state index contributed by atoms with van der Waals surface area (Å²) in [6.45, 7) is 0.894. The predicted octanol–water partition coefficient (Wildman–Crippen LogP) is 4.28. The van der Waals surface area contributed by atoms with Crippen LogP contribution in [0.3, 0.4) is 0 Å². The van der Waals surface area contributed by atoms with E-state index in [4.69, 9.17) is 14.6 Å². The topological polar surface area (TPSA) is 84.9 Å². The Kier molecular flexibility index (Phi) is 7.46. The molecule has 1 saturated carbocycles. The average Bonchev–Trinajstić information content (AvgIpc) is 3.56. The number of carbonyl (C=O) groups is 2. The van der Waals surface area contributed by atoms with Gasteiger partial charge in [-0.2, -0.15) is 0 Å². The molecule has 30 heavy (non-hydrogen) atoms. The number of ether oxygens (including phenoxy) is 2. The van der Waals surface area contributed by atoms with Crippen LogP contribution in [0, 0.1) is 0 Å². The summed E-state index contributed by atoms with van der Waals surface area (Å²) in [7, 11) is 1.73. The maximum Gasteiger partial charge on any atom is 0.303 e. The van der Waals surface area contributed by atoms with Crippen molar-refractivity contribution in [3.05, 3.63) is 65.2 Å². The van der Waals surface area contributed by atoms with Crippen LogP contribution in [0.15, 0.2) is 48.5 Å². The molecule has 0 atom stereocenters. The monoisotopic (exact) mass is 411 g/mol. The number of nitrogens with one attached hydrogen (secondary N) is 1. The summed E-state index contributed by atoms with van der Waals surface area (Å²) in [6, 6.07) is 15.2. The van der Waals surface area contributed by atoms with Crippen LogP contribution in [0.25, 0.3) is 0 Å². The molecule has 6 heteroatoms. The summed E-state index contributed by atoms with van der Waals surface area (Å²) >= 11 is 0. The van der Waals surface area contributed by atoms with Gasteiger partial charge in [0.05, 0.1) is 12.2 Å². The molecule has 0 radical (unpaired) electrons. The Labute approximate surface area is 177 Å². The summed E-state index contributed by atoms with van der Waals surface area (Å²) in [5.74, 6) is -0.160. The normalized spacial score (nSPS) is 14.2. The second-order valence-corrected chi connectivity index (χ2v) is 7.62. The largest absolute Gasteiger partial charge is 0.493 e. The molecule has 0 aromatic heterocycles. The van der Waals surface area contributed by atoms with E-state index < -0.39 is 5.97 Å². The zero-order chi connectivity index (χ0) is 21.4. The molecule has 160 valence electrons. The van der Waals surface area contributed by atoms with Gasteiger partial charge in [-0.25, -0.2) is 0 Å². The molecule has 0 heterocycles. The molecule has 0 bridgehead atoms. The molecule has 1 amide bonds. The maximum atomic E-state index is 12.5. The first-order chi connectivity index (χ1) is 14.5. The van der Waals surface area contributed by atoms with Gasteiger partial charge in [0.2, 0.25) is 0 Å². The number of benzene rings is 2. The van der Waals surface area contributed by atoms with E-state index in [0.717, 1.165) is 42.6 Å². The van der Waals surface area contributed by atoms with Gasteiger partial charge in [-0.1, -0.05) is 30.3 Å². The Morgan fingerprint density at radius 3 is 2.43 bits per heavy atom. The van der Waals surface area contributed by atoms with E-state index in [0.29, 0.717) is 25.1 Å². The molecule has 1 aliphatic carbocycles. The number of para-hydroxylation sites is 1. The minimum atomic E-state index is -0.766. The average molecular weight is 411 g/mol. The van der Waals surface area contributed by atoms with Gasteiger partial charge >= 0.3 is 5.97 Å². The molecule has 6 nitrogen and oxygen atoms in total. The van der Waals surface area contributed by atoms with E-state index in [1.165, 1.54) is 0 Å². The van der Waals surface area contributed by atoms with Crippen molar-refractivity contribution in [2.24, 2.45) is 0 Å². The second kappa shape index (κ2) is 10.3. The van der Waals surface area contributed by atoms with Crippen LogP contribution >= 0.6 is 0 Å². The lowest BCUT2D eigenvalue weighted by molar-refractivity contribution is -0.137. The Hall–Kier alpha value is -2.86. The fraction of sp³-hybridized carbons (Fsp3) is 0.417. The van der Waals surface area contributed by atoms with E-state index in [2.05, 4.69) is 5.32 Å². The summed E-state index contributed by atoms with van der Waals surface area (Å²) in [5.41, 5.74) is 2.48. The van der Waals surface area contributed by atoms with Gasteiger partial charge in [0.25, 0.3) is 5.91 Å². The number of carboxylic acids is 1. The molecule has 2 N–H and O–H groups in total. The molecule has 0 unspecified atom stereocenters. The van der Waals surface area contributed by atoms with E-state index >= 15 is 0 Å². The molecule has 1 fully saturated rings. The van der Waals surface area contributed by atoms with E-state index in [-0.39, 0.29) is 17.9 Å². The third-order valence-corrected chi connectivity index (χ3v) is 5.47. The van der Waals surface area contributed by atoms with E-state index in [9.17, 15) is 9.59 Å². The van der Waals surface area contributed by atoms with Crippen LogP contribution in [0.1, 0.15) is 60.0 Å². The standard InChI is InChI=1S/C24H29NO5/c1-29-24(14-15-24)20-12-10-18(11-13-20)23(28)25-17-19-7-4-5-8-21(19)30-16-6-2-3-9-22(26)27/h4-5,7-8,10-13H,2-3,6,9,14-17H2,1H3,(H,25,28)(H,26,27). The highest BCUT2D eigenvalue weighted by Gasteiger charge is 2.44. The molecule has 2 aromatic rings. The molecular weight excluding hydrogens is 382 g/mol. The SMILES string of the molecule is COC1(c2ccc(C(=O)NCc3ccccc3OCCCCCC(=O)O)cc2)CC1. The number of methoxy groups -OCH3 is 1. The Morgan fingerprint density at radius 1 is 1.03 bits per heavy atom. The van der Waals surface area contributed by atoms with Gasteiger partial charge in [0.1, 0.15) is 5.75 Å². The highest BCUT2D eigenvalue weighted by Crippen LogP contribution is 2.48. The Bertz CT molecular complexity index is 858. The number of carboxylic acid groups (broad SMARTS) is 1. The van der Waals surface area contributed by atoms with Crippen LogP contribution in [0.2, 0.25) is 0 Å². The lowest BCUT2D eigenvalue weighted by Gasteiger charge is -2.14. The van der Waals surface area contributed by atoms with Gasteiger partial charge in [0, 0.05) is 31.2 Å². The Morgan fingerprint density at radius 2 is 1.77 bits per heavy atom.